The molecule has 0 bridgehead atoms. The topological polar surface area (TPSA) is 61.6 Å². The zero-order chi connectivity index (χ0) is 15.9. The first-order valence-corrected chi connectivity index (χ1v) is 8.22. The number of carbonyl (C=O) groups is 1. The van der Waals surface area contributed by atoms with Crippen molar-refractivity contribution < 1.29 is 4.79 Å². The normalized spacial score (nSPS) is 15.2. The number of piperazine rings is 1. The van der Waals surface area contributed by atoms with Gasteiger partial charge in [-0.15, -0.1) is 37.2 Å². The van der Waals surface area contributed by atoms with Gasteiger partial charge in [0.2, 0.25) is 5.91 Å². The van der Waals surface area contributed by atoms with Crippen LogP contribution in [-0.2, 0) is 4.79 Å². The van der Waals surface area contributed by atoms with E-state index in [4.69, 9.17) is 5.73 Å². The van der Waals surface area contributed by atoms with Crippen LogP contribution < -0.4 is 16.0 Å². The fourth-order valence-electron chi connectivity index (χ4n) is 2.73. The molecule has 2 rings (SSSR count). The SMILES string of the molecule is CCN1CCN(c2ccccc2NC(=O)CCC(C)N)CC1.Cl.Cl.Cl. The van der Waals surface area contributed by atoms with Crippen LogP contribution in [0.1, 0.15) is 26.7 Å². The van der Waals surface area contributed by atoms with E-state index in [0.717, 1.165) is 44.1 Å². The first-order chi connectivity index (χ1) is 10.6. The number of nitrogens with two attached hydrogens (primary N) is 1. The first kappa shape index (κ1) is 26.5. The predicted molar refractivity (Wildman–Crippen MR) is 114 cm³/mol. The maximum absolute atomic E-state index is 12.1. The standard InChI is InChI=1S/C17H28N4O.3ClH/c1-3-20-10-12-21(13-11-20)16-7-5-4-6-15(16)19-17(22)9-8-14(2)18;;;/h4-7,14H,3,8-13,18H2,1-2H3,(H,19,22);3*1H. The average molecular weight is 414 g/mol. The highest BCUT2D eigenvalue weighted by Gasteiger charge is 2.18. The second-order valence-corrected chi connectivity index (χ2v) is 6.00. The van der Waals surface area contributed by atoms with Gasteiger partial charge in [-0.1, -0.05) is 19.1 Å². The van der Waals surface area contributed by atoms with Crippen molar-refractivity contribution in [2.75, 3.05) is 42.9 Å². The molecule has 1 aromatic carbocycles. The predicted octanol–water partition coefficient (Wildman–Crippen LogP) is 3.16. The van der Waals surface area contributed by atoms with Gasteiger partial charge < -0.3 is 20.9 Å². The average Bonchev–Trinajstić information content (AvgIpc) is 2.53. The van der Waals surface area contributed by atoms with Crippen LogP contribution in [-0.4, -0.2) is 49.6 Å². The number of halogens is 3. The summed E-state index contributed by atoms with van der Waals surface area (Å²) in [6.45, 7) is 9.37. The van der Waals surface area contributed by atoms with E-state index in [-0.39, 0.29) is 49.2 Å². The second-order valence-electron chi connectivity index (χ2n) is 6.00. The van der Waals surface area contributed by atoms with E-state index in [1.807, 2.05) is 25.1 Å². The summed E-state index contributed by atoms with van der Waals surface area (Å²) in [6, 6.07) is 8.11. The van der Waals surface area contributed by atoms with Crippen molar-refractivity contribution >= 4 is 54.5 Å². The number of nitrogens with one attached hydrogen (secondary N) is 1. The van der Waals surface area contributed by atoms with E-state index in [0.29, 0.717) is 12.8 Å². The van der Waals surface area contributed by atoms with E-state index < -0.39 is 0 Å². The van der Waals surface area contributed by atoms with Crippen molar-refractivity contribution in [3.63, 3.8) is 0 Å². The summed E-state index contributed by atoms with van der Waals surface area (Å²) >= 11 is 0. The Kier molecular flexibility index (Phi) is 14.3. The Bertz CT molecular complexity index is 495. The Balaban J connectivity index is 0. The van der Waals surface area contributed by atoms with Gasteiger partial charge in [-0.05, 0) is 32.0 Å². The van der Waals surface area contributed by atoms with Crippen molar-refractivity contribution in [1.29, 1.82) is 0 Å². The van der Waals surface area contributed by atoms with Crippen LogP contribution in [0.25, 0.3) is 0 Å². The zero-order valence-electron chi connectivity index (χ0n) is 14.9. The van der Waals surface area contributed by atoms with Gasteiger partial charge in [0.15, 0.2) is 0 Å². The van der Waals surface area contributed by atoms with Crippen LogP contribution in [0.3, 0.4) is 0 Å². The van der Waals surface area contributed by atoms with E-state index in [1.165, 1.54) is 0 Å². The van der Waals surface area contributed by atoms with Gasteiger partial charge in [-0.2, -0.15) is 0 Å². The molecule has 1 fully saturated rings. The highest BCUT2D eigenvalue weighted by molar-refractivity contribution is 5.94. The lowest BCUT2D eigenvalue weighted by atomic mass is 10.1. The van der Waals surface area contributed by atoms with Gasteiger partial charge in [-0.25, -0.2) is 0 Å². The molecule has 0 radical (unpaired) electrons. The third-order valence-corrected chi connectivity index (χ3v) is 4.17. The minimum atomic E-state index is 0. The molecular formula is C17H31Cl3N4O. The quantitative estimate of drug-likeness (QED) is 0.752. The molecule has 5 nitrogen and oxygen atoms in total. The minimum absolute atomic E-state index is 0. The van der Waals surface area contributed by atoms with Crippen LogP contribution in [0.5, 0.6) is 0 Å². The van der Waals surface area contributed by atoms with Gasteiger partial charge in [0.25, 0.3) is 0 Å². The molecule has 0 aromatic heterocycles. The number of nitrogens with zero attached hydrogens (tertiary/aromatic N) is 2. The Morgan fingerprint density at radius 3 is 2.32 bits per heavy atom. The number of hydrogen-bond donors (Lipinski definition) is 2. The van der Waals surface area contributed by atoms with E-state index >= 15 is 0 Å². The zero-order valence-corrected chi connectivity index (χ0v) is 17.4. The molecule has 0 aliphatic carbocycles. The lowest BCUT2D eigenvalue weighted by Gasteiger charge is -2.36. The van der Waals surface area contributed by atoms with E-state index in [1.54, 1.807) is 0 Å². The third kappa shape index (κ3) is 8.47. The van der Waals surface area contributed by atoms with Crippen LogP contribution in [0.2, 0.25) is 0 Å². The number of carbonyl (C=O) groups excluding carboxylic acids is 1. The van der Waals surface area contributed by atoms with Gasteiger partial charge in [0.1, 0.15) is 0 Å². The summed E-state index contributed by atoms with van der Waals surface area (Å²) in [5.41, 5.74) is 7.74. The summed E-state index contributed by atoms with van der Waals surface area (Å²) in [7, 11) is 0. The monoisotopic (exact) mass is 412 g/mol. The smallest absolute Gasteiger partial charge is 0.224 e. The number of likely N-dealkylation sites (N-methyl/N-ethyl adjacent to an activating group) is 1. The van der Waals surface area contributed by atoms with Gasteiger partial charge in [0.05, 0.1) is 11.4 Å². The molecule has 1 unspecified atom stereocenters. The van der Waals surface area contributed by atoms with Gasteiger partial charge in [0, 0.05) is 38.6 Å². The minimum Gasteiger partial charge on any atom is -0.367 e. The lowest BCUT2D eigenvalue weighted by Crippen LogP contribution is -2.46. The Labute approximate surface area is 169 Å². The van der Waals surface area contributed by atoms with Crippen molar-refractivity contribution in [3.8, 4) is 0 Å². The summed E-state index contributed by atoms with van der Waals surface area (Å²) in [5, 5.41) is 3.04. The molecule has 8 heteroatoms. The van der Waals surface area contributed by atoms with Crippen LogP contribution in [0, 0.1) is 0 Å². The fourth-order valence-corrected chi connectivity index (χ4v) is 2.73. The fraction of sp³-hybridized carbons (Fsp3) is 0.588. The molecule has 25 heavy (non-hydrogen) atoms. The van der Waals surface area contributed by atoms with E-state index in [2.05, 4.69) is 28.1 Å². The molecule has 1 aliphatic rings. The van der Waals surface area contributed by atoms with Gasteiger partial charge >= 0.3 is 0 Å². The Morgan fingerprint density at radius 1 is 1.16 bits per heavy atom. The maximum Gasteiger partial charge on any atom is 0.224 e. The second kappa shape index (κ2) is 13.5. The molecule has 0 saturated carbocycles. The summed E-state index contributed by atoms with van der Waals surface area (Å²) < 4.78 is 0. The van der Waals surface area contributed by atoms with Crippen LogP contribution >= 0.6 is 37.2 Å². The molecule has 1 aliphatic heterocycles. The van der Waals surface area contributed by atoms with Gasteiger partial charge in [-0.3, -0.25) is 4.79 Å². The van der Waals surface area contributed by atoms with Crippen molar-refractivity contribution in [2.45, 2.75) is 32.7 Å². The van der Waals surface area contributed by atoms with Crippen LogP contribution in [0.4, 0.5) is 11.4 Å². The molecule has 1 amide bonds. The molecule has 3 N–H and O–H groups in total. The number of hydrogen-bond acceptors (Lipinski definition) is 4. The highest BCUT2D eigenvalue weighted by atomic mass is 35.5. The van der Waals surface area contributed by atoms with Crippen molar-refractivity contribution in [3.05, 3.63) is 24.3 Å². The third-order valence-electron chi connectivity index (χ3n) is 4.17. The largest absolute Gasteiger partial charge is 0.367 e. The Morgan fingerprint density at radius 2 is 1.76 bits per heavy atom. The molecular weight excluding hydrogens is 383 g/mol. The van der Waals surface area contributed by atoms with Crippen molar-refractivity contribution in [1.82, 2.24) is 4.90 Å². The van der Waals surface area contributed by atoms with E-state index in [9.17, 15) is 4.79 Å². The Hall–Kier alpha value is -0.720. The lowest BCUT2D eigenvalue weighted by molar-refractivity contribution is -0.116. The highest BCUT2D eigenvalue weighted by Crippen LogP contribution is 2.26. The number of anilines is 2. The summed E-state index contributed by atoms with van der Waals surface area (Å²) in [6.07, 6.45) is 1.18. The molecule has 146 valence electrons. The molecule has 1 heterocycles. The number of para-hydroxylation sites is 2. The molecule has 1 saturated heterocycles. The molecule has 0 spiro atoms. The first-order valence-electron chi connectivity index (χ1n) is 8.22. The molecule has 1 atom stereocenters. The number of amides is 1. The molecule has 1 aromatic rings. The number of rotatable bonds is 6. The summed E-state index contributed by atoms with van der Waals surface area (Å²) in [5.74, 6) is 0.0388. The van der Waals surface area contributed by atoms with Crippen LogP contribution in [0.15, 0.2) is 24.3 Å². The number of benzene rings is 1. The van der Waals surface area contributed by atoms with Crippen molar-refractivity contribution in [2.24, 2.45) is 5.73 Å². The maximum atomic E-state index is 12.1. The summed E-state index contributed by atoms with van der Waals surface area (Å²) in [4.78, 5) is 16.9.